The largest absolute Gasteiger partial charge is 0.313 e. The summed E-state index contributed by atoms with van der Waals surface area (Å²) in [7, 11) is 0. The van der Waals surface area contributed by atoms with E-state index in [4.69, 9.17) is 0 Å². The summed E-state index contributed by atoms with van der Waals surface area (Å²) < 4.78 is 24.5. The Labute approximate surface area is 121 Å². The molecule has 20 heavy (non-hydrogen) atoms. The van der Waals surface area contributed by atoms with Crippen molar-refractivity contribution in [1.82, 2.24) is 10.3 Å². The molecule has 1 heterocycles. The molecule has 5 heteroatoms. The maximum atomic E-state index is 12.3. The van der Waals surface area contributed by atoms with Gasteiger partial charge in [-0.2, -0.15) is 8.78 Å². The summed E-state index contributed by atoms with van der Waals surface area (Å²) in [4.78, 5) is 4.79. The summed E-state index contributed by atoms with van der Waals surface area (Å²) in [5.74, 6) is -2.38. The normalized spacial score (nSPS) is 11.0. The van der Waals surface area contributed by atoms with E-state index in [2.05, 4.69) is 23.3 Å². The van der Waals surface area contributed by atoms with Crippen molar-refractivity contribution in [2.75, 3.05) is 6.54 Å². The molecule has 0 unspecified atom stereocenters. The van der Waals surface area contributed by atoms with Gasteiger partial charge in [0.2, 0.25) is 0 Å². The molecule has 1 N–H and O–H groups in total. The topological polar surface area (TPSA) is 24.9 Å². The number of nitrogens with zero attached hydrogens (tertiary/aromatic N) is 1. The molecule has 2 aromatic rings. The molecule has 2 rings (SSSR count). The van der Waals surface area contributed by atoms with Gasteiger partial charge in [-0.05, 0) is 35.9 Å². The minimum atomic E-state index is -2.38. The van der Waals surface area contributed by atoms with Gasteiger partial charge in [0.25, 0.3) is 5.76 Å². The standard InChI is InChI=1S/C15H16F2N2S/c1-2-18-8-11-7-13(10-19-9-11)12-3-5-14(6-4-12)20-15(16)17/h3-7,9-10,15,18H,2,8H2,1H3. The van der Waals surface area contributed by atoms with Crippen molar-refractivity contribution in [3.63, 3.8) is 0 Å². The average molecular weight is 294 g/mol. The number of aromatic nitrogens is 1. The van der Waals surface area contributed by atoms with Gasteiger partial charge in [0.05, 0.1) is 0 Å². The van der Waals surface area contributed by atoms with Crippen LogP contribution in [-0.2, 0) is 6.54 Å². The first kappa shape index (κ1) is 14.9. The summed E-state index contributed by atoms with van der Waals surface area (Å²) in [5, 5.41) is 3.25. The fourth-order valence-corrected chi connectivity index (χ4v) is 2.34. The second-order valence-electron chi connectivity index (χ2n) is 4.27. The van der Waals surface area contributed by atoms with E-state index >= 15 is 0 Å². The first-order chi connectivity index (χ1) is 9.69. The third kappa shape index (κ3) is 4.28. The second-order valence-corrected chi connectivity index (χ2v) is 5.33. The van der Waals surface area contributed by atoms with E-state index in [0.717, 1.165) is 29.8 Å². The van der Waals surface area contributed by atoms with Crippen molar-refractivity contribution in [3.05, 3.63) is 48.3 Å². The number of thioether (sulfide) groups is 1. The third-order valence-corrected chi connectivity index (χ3v) is 3.51. The van der Waals surface area contributed by atoms with E-state index in [0.29, 0.717) is 16.7 Å². The quantitative estimate of drug-likeness (QED) is 0.809. The molecule has 0 bridgehead atoms. The van der Waals surface area contributed by atoms with Crippen LogP contribution in [0.5, 0.6) is 0 Å². The number of rotatable bonds is 6. The number of pyridine rings is 1. The van der Waals surface area contributed by atoms with Crippen LogP contribution in [0.1, 0.15) is 12.5 Å². The van der Waals surface area contributed by atoms with Crippen LogP contribution in [0, 0.1) is 0 Å². The van der Waals surface area contributed by atoms with Crippen LogP contribution in [0.25, 0.3) is 11.1 Å². The predicted molar refractivity (Wildman–Crippen MR) is 78.9 cm³/mol. The van der Waals surface area contributed by atoms with E-state index in [1.54, 1.807) is 18.3 Å². The summed E-state index contributed by atoms with van der Waals surface area (Å²) in [6.45, 7) is 3.73. The average Bonchev–Trinajstić information content (AvgIpc) is 2.45. The summed E-state index contributed by atoms with van der Waals surface area (Å²) in [5.41, 5.74) is 3.08. The SMILES string of the molecule is CCNCc1cncc(-c2ccc(SC(F)F)cc2)c1. The molecule has 2 nitrogen and oxygen atoms in total. The zero-order valence-electron chi connectivity index (χ0n) is 11.1. The number of halogens is 2. The Morgan fingerprint density at radius 1 is 1.15 bits per heavy atom. The lowest BCUT2D eigenvalue weighted by molar-refractivity contribution is 0.252. The van der Waals surface area contributed by atoms with Gasteiger partial charge >= 0.3 is 0 Å². The zero-order valence-corrected chi connectivity index (χ0v) is 12.0. The van der Waals surface area contributed by atoms with Crippen LogP contribution in [0.2, 0.25) is 0 Å². The van der Waals surface area contributed by atoms with Gasteiger partial charge in [0.15, 0.2) is 0 Å². The number of nitrogens with one attached hydrogen (secondary N) is 1. The van der Waals surface area contributed by atoms with Gasteiger partial charge in [-0.25, -0.2) is 0 Å². The molecule has 0 saturated carbocycles. The first-order valence-corrected chi connectivity index (χ1v) is 7.27. The van der Waals surface area contributed by atoms with Crippen LogP contribution in [0.4, 0.5) is 8.78 Å². The Kier molecular flexibility index (Phi) is 5.49. The Morgan fingerprint density at radius 3 is 2.55 bits per heavy atom. The van der Waals surface area contributed by atoms with Crippen LogP contribution in [0.3, 0.4) is 0 Å². The maximum absolute atomic E-state index is 12.3. The van der Waals surface area contributed by atoms with E-state index < -0.39 is 5.76 Å². The Morgan fingerprint density at radius 2 is 1.90 bits per heavy atom. The Bertz CT molecular complexity index is 544. The molecule has 1 aromatic heterocycles. The number of benzene rings is 1. The first-order valence-electron chi connectivity index (χ1n) is 6.39. The summed E-state index contributed by atoms with van der Waals surface area (Å²) in [6.07, 6.45) is 3.61. The number of hydrogen-bond acceptors (Lipinski definition) is 3. The Balaban J connectivity index is 2.14. The van der Waals surface area contributed by atoms with Gasteiger partial charge in [-0.3, -0.25) is 4.98 Å². The lowest BCUT2D eigenvalue weighted by Crippen LogP contribution is -2.11. The van der Waals surface area contributed by atoms with E-state index in [1.165, 1.54) is 0 Å². The van der Waals surface area contributed by atoms with Crippen molar-refractivity contribution < 1.29 is 8.78 Å². The lowest BCUT2D eigenvalue weighted by atomic mass is 10.1. The van der Waals surface area contributed by atoms with Crippen LogP contribution in [-0.4, -0.2) is 17.3 Å². The Hall–Kier alpha value is -1.46. The minimum absolute atomic E-state index is 0.558. The highest BCUT2D eigenvalue weighted by Gasteiger charge is 2.06. The molecule has 0 radical (unpaired) electrons. The summed E-state index contributed by atoms with van der Waals surface area (Å²) in [6, 6.07) is 9.18. The third-order valence-electron chi connectivity index (χ3n) is 2.79. The summed E-state index contributed by atoms with van der Waals surface area (Å²) >= 11 is 0.558. The van der Waals surface area contributed by atoms with Crippen molar-refractivity contribution in [2.24, 2.45) is 0 Å². The van der Waals surface area contributed by atoms with Gasteiger partial charge in [0, 0.05) is 29.4 Å². The molecule has 0 amide bonds. The molecular weight excluding hydrogens is 278 g/mol. The van der Waals surface area contributed by atoms with Gasteiger partial charge in [-0.15, -0.1) is 0 Å². The molecular formula is C15H16F2N2S. The molecule has 0 aliphatic rings. The van der Waals surface area contributed by atoms with E-state index in [-0.39, 0.29) is 0 Å². The molecule has 0 aliphatic heterocycles. The van der Waals surface area contributed by atoms with Gasteiger partial charge < -0.3 is 5.32 Å². The number of alkyl halides is 2. The number of hydrogen-bond donors (Lipinski definition) is 1. The fraction of sp³-hybridized carbons (Fsp3) is 0.267. The van der Waals surface area contributed by atoms with Crippen LogP contribution in [0.15, 0.2) is 47.6 Å². The fourth-order valence-electron chi connectivity index (χ4n) is 1.84. The van der Waals surface area contributed by atoms with Crippen LogP contribution >= 0.6 is 11.8 Å². The van der Waals surface area contributed by atoms with E-state index in [9.17, 15) is 8.78 Å². The van der Waals surface area contributed by atoms with Gasteiger partial charge in [0.1, 0.15) is 0 Å². The monoisotopic (exact) mass is 294 g/mol. The highest BCUT2D eigenvalue weighted by molar-refractivity contribution is 7.99. The maximum Gasteiger partial charge on any atom is 0.288 e. The van der Waals surface area contributed by atoms with Crippen molar-refractivity contribution in [1.29, 1.82) is 0 Å². The molecule has 0 atom stereocenters. The molecule has 0 spiro atoms. The van der Waals surface area contributed by atoms with E-state index in [1.807, 2.05) is 18.3 Å². The highest BCUT2D eigenvalue weighted by atomic mass is 32.2. The molecule has 0 fully saturated rings. The molecule has 106 valence electrons. The van der Waals surface area contributed by atoms with Crippen molar-refractivity contribution in [2.45, 2.75) is 24.1 Å². The highest BCUT2D eigenvalue weighted by Crippen LogP contribution is 2.28. The zero-order chi connectivity index (χ0) is 14.4. The smallest absolute Gasteiger partial charge is 0.288 e. The lowest BCUT2D eigenvalue weighted by Gasteiger charge is -2.06. The minimum Gasteiger partial charge on any atom is -0.313 e. The van der Waals surface area contributed by atoms with Crippen molar-refractivity contribution in [3.8, 4) is 11.1 Å². The van der Waals surface area contributed by atoms with Crippen molar-refractivity contribution >= 4 is 11.8 Å². The predicted octanol–water partition coefficient (Wildman–Crippen LogP) is 4.17. The molecule has 0 saturated heterocycles. The molecule has 1 aromatic carbocycles. The second kappa shape index (κ2) is 7.36. The van der Waals surface area contributed by atoms with Crippen LogP contribution < -0.4 is 5.32 Å². The molecule has 0 aliphatic carbocycles. The van der Waals surface area contributed by atoms with Gasteiger partial charge in [-0.1, -0.05) is 30.8 Å².